The minimum atomic E-state index is 0.0310. The highest BCUT2D eigenvalue weighted by Gasteiger charge is 2.24. The Morgan fingerprint density at radius 2 is 1.93 bits per heavy atom. The second kappa shape index (κ2) is 4.56. The molecule has 0 aliphatic carbocycles. The third-order valence-corrected chi connectivity index (χ3v) is 2.90. The highest BCUT2D eigenvalue weighted by molar-refractivity contribution is 5.48. The van der Waals surface area contributed by atoms with Crippen molar-refractivity contribution in [1.29, 1.82) is 0 Å². The number of phenols is 1. The Bertz CT molecular complexity index is 329. The maximum Gasteiger partial charge on any atom is 0.164 e. The lowest BCUT2D eigenvalue weighted by molar-refractivity contribution is 0.305. The van der Waals surface area contributed by atoms with E-state index in [4.69, 9.17) is 4.74 Å². The van der Waals surface area contributed by atoms with Gasteiger partial charge >= 0.3 is 0 Å². The maximum atomic E-state index is 9.76. The van der Waals surface area contributed by atoms with E-state index < -0.39 is 0 Å². The van der Waals surface area contributed by atoms with Crippen molar-refractivity contribution in [3.63, 3.8) is 0 Å². The number of phenolic OH excluding ortho intramolecular Hbond substituents is 1. The zero-order chi connectivity index (χ0) is 11.5. The van der Waals surface area contributed by atoms with Crippen LogP contribution in [-0.4, -0.2) is 11.7 Å². The smallest absolute Gasteiger partial charge is 0.164 e. The molecule has 0 atom stereocenters. The number of hydrogen-bond donors (Lipinski definition) is 1. The van der Waals surface area contributed by atoms with Crippen LogP contribution in [-0.2, 0) is 5.41 Å². The highest BCUT2D eigenvalue weighted by Crippen LogP contribution is 2.39. The van der Waals surface area contributed by atoms with Crippen molar-refractivity contribution in [2.75, 3.05) is 6.61 Å². The predicted molar refractivity (Wildman–Crippen MR) is 62.6 cm³/mol. The van der Waals surface area contributed by atoms with Gasteiger partial charge in [-0.1, -0.05) is 32.9 Å². The van der Waals surface area contributed by atoms with Crippen LogP contribution in [0.3, 0.4) is 0 Å². The Morgan fingerprint density at radius 3 is 2.47 bits per heavy atom. The monoisotopic (exact) mass is 208 g/mol. The van der Waals surface area contributed by atoms with Crippen LogP contribution in [0.4, 0.5) is 0 Å². The summed E-state index contributed by atoms with van der Waals surface area (Å²) in [5.74, 6) is 0.864. The fourth-order valence-electron chi connectivity index (χ4n) is 1.54. The first-order chi connectivity index (χ1) is 7.03. The van der Waals surface area contributed by atoms with E-state index in [1.165, 1.54) is 0 Å². The molecule has 0 aliphatic heterocycles. The average Bonchev–Trinajstić information content (AvgIpc) is 2.21. The summed E-state index contributed by atoms with van der Waals surface area (Å²) in [7, 11) is 0. The fourth-order valence-corrected chi connectivity index (χ4v) is 1.54. The summed E-state index contributed by atoms with van der Waals surface area (Å²) in [5, 5.41) is 9.76. The number of aromatic hydroxyl groups is 1. The van der Waals surface area contributed by atoms with Gasteiger partial charge in [0.25, 0.3) is 0 Å². The van der Waals surface area contributed by atoms with Crippen LogP contribution >= 0.6 is 0 Å². The first-order valence-electron chi connectivity index (χ1n) is 5.48. The molecule has 1 rings (SSSR count). The number of benzene rings is 1. The Balaban J connectivity index is 3.22. The van der Waals surface area contributed by atoms with Crippen molar-refractivity contribution in [3.8, 4) is 11.5 Å². The maximum absolute atomic E-state index is 9.76. The Hall–Kier alpha value is -1.18. The number of hydrogen-bond acceptors (Lipinski definition) is 2. The molecular weight excluding hydrogens is 188 g/mol. The predicted octanol–water partition coefficient (Wildman–Crippen LogP) is 3.48. The van der Waals surface area contributed by atoms with E-state index in [0.29, 0.717) is 12.4 Å². The quantitative estimate of drug-likeness (QED) is 0.820. The van der Waals surface area contributed by atoms with E-state index in [-0.39, 0.29) is 11.2 Å². The van der Waals surface area contributed by atoms with Gasteiger partial charge in [0.05, 0.1) is 6.61 Å². The summed E-state index contributed by atoms with van der Waals surface area (Å²) < 4.78 is 5.51. The van der Waals surface area contributed by atoms with Gasteiger partial charge in [0.15, 0.2) is 11.5 Å². The molecule has 0 aromatic heterocycles. The molecule has 2 heteroatoms. The third-order valence-electron chi connectivity index (χ3n) is 2.90. The first-order valence-corrected chi connectivity index (χ1v) is 5.48. The third kappa shape index (κ3) is 2.44. The molecule has 1 aromatic carbocycles. The Labute approximate surface area is 91.9 Å². The summed E-state index contributed by atoms with van der Waals surface area (Å²) in [4.78, 5) is 0. The Morgan fingerprint density at radius 1 is 1.27 bits per heavy atom. The van der Waals surface area contributed by atoms with E-state index in [2.05, 4.69) is 20.8 Å². The lowest BCUT2D eigenvalue weighted by Crippen LogP contribution is -2.17. The van der Waals surface area contributed by atoms with Crippen molar-refractivity contribution in [2.24, 2.45) is 0 Å². The summed E-state index contributed by atoms with van der Waals surface area (Å²) in [6.45, 7) is 8.95. The lowest BCUT2D eigenvalue weighted by Gasteiger charge is -2.26. The first kappa shape index (κ1) is 11.9. The molecule has 0 spiro atoms. The van der Waals surface area contributed by atoms with E-state index in [1.807, 2.05) is 19.1 Å². The van der Waals surface area contributed by atoms with Crippen molar-refractivity contribution in [1.82, 2.24) is 0 Å². The van der Waals surface area contributed by atoms with Crippen molar-refractivity contribution in [3.05, 3.63) is 23.8 Å². The lowest BCUT2D eigenvalue weighted by atomic mass is 9.81. The van der Waals surface area contributed by atoms with Crippen LogP contribution in [0, 0.1) is 0 Å². The molecule has 0 saturated heterocycles. The largest absolute Gasteiger partial charge is 0.504 e. The van der Waals surface area contributed by atoms with Crippen LogP contribution in [0.25, 0.3) is 0 Å². The second-order valence-electron chi connectivity index (χ2n) is 4.32. The average molecular weight is 208 g/mol. The normalized spacial score (nSPS) is 11.5. The second-order valence-corrected chi connectivity index (χ2v) is 4.32. The van der Waals surface area contributed by atoms with E-state index in [9.17, 15) is 5.11 Å². The molecule has 84 valence electrons. The standard InChI is InChI=1S/C13H20O2/c1-5-13(3,4)10-8-7-9-11(14)12(10)15-6-2/h7-9,14H,5-6H2,1-4H3. The van der Waals surface area contributed by atoms with Crippen molar-refractivity contribution in [2.45, 2.75) is 39.5 Å². The molecule has 0 radical (unpaired) electrons. The van der Waals surface area contributed by atoms with Gasteiger partial charge in [-0.05, 0) is 24.8 Å². The van der Waals surface area contributed by atoms with Gasteiger partial charge in [-0.3, -0.25) is 0 Å². The van der Waals surface area contributed by atoms with E-state index in [1.54, 1.807) is 6.07 Å². The van der Waals surface area contributed by atoms with E-state index in [0.717, 1.165) is 12.0 Å². The van der Waals surface area contributed by atoms with Gasteiger partial charge in [-0.15, -0.1) is 0 Å². The van der Waals surface area contributed by atoms with Crippen LogP contribution in [0.1, 0.15) is 39.7 Å². The van der Waals surface area contributed by atoms with Gasteiger partial charge in [0.1, 0.15) is 0 Å². The van der Waals surface area contributed by atoms with Gasteiger partial charge < -0.3 is 9.84 Å². The topological polar surface area (TPSA) is 29.5 Å². The fraction of sp³-hybridized carbons (Fsp3) is 0.538. The van der Waals surface area contributed by atoms with Gasteiger partial charge in [-0.25, -0.2) is 0 Å². The highest BCUT2D eigenvalue weighted by atomic mass is 16.5. The summed E-state index contributed by atoms with van der Waals surface area (Å²) >= 11 is 0. The molecule has 0 amide bonds. The number of ether oxygens (including phenoxy) is 1. The van der Waals surface area contributed by atoms with Crippen molar-refractivity contribution < 1.29 is 9.84 Å². The zero-order valence-corrected chi connectivity index (χ0v) is 10.0. The van der Waals surface area contributed by atoms with Crippen molar-refractivity contribution >= 4 is 0 Å². The van der Waals surface area contributed by atoms with Gasteiger partial charge in [0, 0.05) is 5.56 Å². The number of rotatable bonds is 4. The molecular formula is C13H20O2. The van der Waals surface area contributed by atoms with Crippen LogP contribution < -0.4 is 4.74 Å². The molecule has 0 bridgehead atoms. The SMILES string of the molecule is CCOc1c(O)cccc1C(C)(C)CC. The minimum absolute atomic E-state index is 0.0310. The molecule has 1 N–H and O–H groups in total. The minimum Gasteiger partial charge on any atom is -0.504 e. The molecule has 0 heterocycles. The Kier molecular flexibility index (Phi) is 3.61. The summed E-state index contributed by atoms with van der Waals surface area (Å²) in [5.41, 5.74) is 1.11. The van der Waals surface area contributed by atoms with E-state index >= 15 is 0 Å². The molecule has 15 heavy (non-hydrogen) atoms. The zero-order valence-electron chi connectivity index (χ0n) is 10.0. The van der Waals surface area contributed by atoms with Crippen LogP contribution in [0.15, 0.2) is 18.2 Å². The molecule has 2 nitrogen and oxygen atoms in total. The molecule has 1 aromatic rings. The molecule has 0 fully saturated rings. The number of para-hydroxylation sites is 1. The molecule has 0 saturated carbocycles. The van der Waals surface area contributed by atoms with Crippen LogP contribution in [0.5, 0.6) is 11.5 Å². The van der Waals surface area contributed by atoms with Gasteiger partial charge in [-0.2, -0.15) is 0 Å². The van der Waals surface area contributed by atoms with Crippen LogP contribution in [0.2, 0.25) is 0 Å². The summed E-state index contributed by atoms with van der Waals surface area (Å²) in [6, 6.07) is 5.55. The van der Waals surface area contributed by atoms with Gasteiger partial charge in [0.2, 0.25) is 0 Å². The summed E-state index contributed by atoms with van der Waals surface area (Å²) in [6.07, 6.45) is 1.01. The molecule has 0 unspecified atom stereocenters. The molecule has 0 aliphatic rings.